The fourth-order valence-corrected chi connectivity index (χ4v) is 3.37. The van der Waals surface area contributed by atoms with Crippen molar-refractivity contribution in [1.29, 1.82) is 0 Å². The van der Waals surface area contributed by atoms with Crippen LogP contribution in [0.2, 0.25) is 0 Å². The predicted molar refractivity (Wildman–Crippen MR) is 104 cm³/mol. The van der Waals surface area contributed by atoms with Crippen molar-refractivity contribution in [2.45, 2.75) is 25.7 Å². The van der Waals surface area contributed by atoms with Gasteiger partial charge >= 0.3 is 0 Å². The molecular formula is C21H20I. The summed E-state index contributed by atoms with van der Waals surface area (Å²) >= 11 is 2.41. The molecule has 0 aliphatic heterocycles. The third kappa shape index (κ3) is 4.10. The van der Waals surface area contributed by atoms with Crippen LogP contribution in [0.3, 0.4) is 0 Å². The van der Waals surface area contributed by atoms with Crippen molar-refractivity contribution in [1.82, 2.24) is 0 Å². The predicted octanol–water partition coefficient (Wildman–Crippen LogP) is 6.41. The van der Waals surface area contributed by atoms with Gasteiger partial charge in [-0.2, -0.15) is 0 Å². The first-order chi connectivity index (χ1) is 10.8. The van der Waals surface area contributed by atoms with E-state index in [-0.39, 0.29) is 0 Å². The van der Waals surface area contributed by atoms with Crippen LogP contribution < -0.4 is 0 Å². The summed E-state index contributed by atoms with van der Waals surface area (Å²) in [6.07, 6.45) is 7.19. The zero-order valence-electron chi connectivity index (χ0n) is 12.6. The third-order valence-corrected chi connectivity index (χ3v) is 4.99. The molecule has 111 valence electrons. The summed E-state index contributed by atoms with van der Waals surface area (Å²) in [6, 6.07) is 24.0. The summed E-state index contributed by atoms with van der Waals surface area (Å²) in [7, 11) is 0. The molecule has 3 aromatic rings. The lowest BCUT2D eigenvalue weighted by Gasteiger charge is -2.05. The van der Waals surface area contributed by atoms with Gasteiger partial charge in [0.1, 0.15) is 0 Å². The average molecular weight is 399 g/mol. The van der Waals surface area contributed by atoms with E-state index < -0.39 is 0 Å². The van der Waals surface area contributed by atoms with E-state index in [1.165, 1.54) is 44.7 Å². The van der Waals surface area contributed by atoms with E-state index >= 15 is 0 Å². The molecule has 0 aromatic heterocycles. The molecule has 0 heterocycles. The molecule has 0 spiro atoms. The summed E-state index contributed by atoms with van der Waals surface area (Å²) in [5, 5.41) is 2.68. The minimum atomic E-state index is 1.16. The molecule has 0 nitrogen and oxygen atoms in total. The van der Waals surface area contributed by atoms with E-state index in [0.717, 1.165) is 6.42 Å². The SMILES string of the molecule is Ic1ccccc1[CH]CCCCc1ccc2ccccc2c1. The van der Waals surface area contributed by atoms with E-state index in [1.807, 2.05) is 0 Å². The Balaban J connectivity index is 1.47. The molecule has 0 N–H and O–H groups in total. The van der Waals surface area contributed by atoms with E-state index in [4.69, 9.17) is 0 Å². The minimum Gasteiger partial charge on any atom is -0.0619 e. The van der Waals surface area contributed by atoms with Gasteiger partial charge in [-0.1, -0.05) is 67.1 Å². The van der Waals surface area contributed by atoms with Crippen LogP contribution in [0.25, 0.3) is 10.8 Å². The summed E-state index contributed by atoms with van der Waals surface area (Å²) < 4.78 is 1.34. The first-order valence-electron chi connectivity index (χ1n) is 7.88. The van der Waals surface area contributed by atoms with Gasteiger partial charge in [0.05, 0.1) is 0 Å². The summed E-state index contributed by atoms with van der Waals surface area (Å²) in [5.41, 5.74) is 2.82. The minimum absolute atomic E-state index is 1.16. The zero-order chi connectivity index (χ0) is 15.2. The van der Waals surface area contributed by atoms with Gasteiger partial charge in [-0.15, -0.1) is 0 Å². The van der Waals surface area contributed by atoms with Crippen molar-refractivity contribution in [3.63, 3.8) is 0 Å². The lowest BCUT2D eigenvalue weighted by Crippen LogP contribution is -1.89. The van der Waals surface area contributed by atoms with Gasteiger partial charge in [0.2, 0.25) is 0 Å². The number of benzene rings is 3. The molecule has 22 heavy (non-hydrogen) atoms. The van der Waals surface area contributed by atoms with Crippen molar-refractivity contribution >= 4 is 33.4 Å². The Bertz CT molecular complexity index is 745. The third-order valence-electron chi connectivity index (χ3n) is 4.00. The Morgan fingerprint density at radius 2 is 1.55 bits per heavy atom. The normalized spacial score (nSPS) is 11.0. The lowest BCUT2D eigenvalue weighted by molar-refractivity contribution is 0.731. The average Bonchev–Trinajstić information content (AvgIpc) is 2.56. The first kappa shape index (κ1) is 15.5. The molecule has 0 aliphatic rings. The van der Waals surface area contributed by atoms with Crippen molar-refractivity contribution in [2.75, 3.05) is 0 Å². The largest absolute Gasteiger partial charge is 0.0619 e. The topological polar surface area (TPSA) is 0 Å². The number of unbranched alkanes of at least 4 members (excludes halogenated alkanes) is 2. The lowest BCUT2D eigenvalue weighted by atomic mass is 10.0. The Labute approximate surface area is 146 Å². The second kappa shape index (κ2) is 7.77. The van der Waals surface area contributed by atoms with Gasteiger partial charge in [0.25, 0.3) is 0 Å². The van der Waals surface area contributed by atoms with Crippen LogP contribution in [-0.4, -0.2) is 0 Å². The van der Waals surface area contributed by atoms with Crippen molar-refractivity contribution in [3.05, 3.63) is 87.8 Å². The Kier molecular flexibility index (Phi) is 5.49. The van der Waals surface area contributed by atoms with Crippen molar-refractivity contribution in [3.8, 4) is 0 Å². The smallest absolute Gasteiger partial charge is 0.0165 e. The maximum absolute atomic E-state index is 2.41. The molecule has 1 radical (unpaired) electrons. The molecule has 0 saturated heterocycles. The monoisotopic (exact) mass is 399 g/mol. The molecular weight excluding hydrogens is 379 g/mol. The number of hydrogen-bond donors (Lipinski definition) is 0. The maximum atomic E-state index is 2.41. The van der Waals surface area contributed by atoms with Crippen LogP contribution in [0.15, 0.2) is 66.7 Å². The standard InChI is InChI=1S/C21H20I/c22-21-13-7-6-11-19(21)10-3-1-2-8-17-14-15-18-9-4-5-12-20(18)16-17/h4-7,9-16H,1-3,8H2. The number of hydrogen-bond acceptors (Lipinski definition) is 0. The molecule has 0 unspecified atom stereocenters. The molecule has 0 atom stereocenters. The van der Waals surface area contributed by atoms with Gasteiger partial charge in [-0.05, 0) is 76.2 Å². The quantitative estimate of drug-likeness (QED) is 0.332. The highest BCUT2D eigenvalue weighted by molar-refractivity contribution is 14.1. The molecule has 0 aliphatic carbocycles. The highest BCUT2D eigenvalue weighted by Gasteiger charge is 2.00. The van der Waals surface area contributed by atoms with Crippen molar-refractivity contribution < 1.29 is 0 Å². The van der Waals surface area contributed by atoms with E-state index in [9.17, 15) is 0 Å². The second-order valence-electron chi connectivity index (χ2n) is 5.65. The van der Waals surface area contributed by atoms with Crippen LogP contribution in [-0.2, 0) is 6.42 Å². The summed E-state index contributed by atoms with van der Waals surface area (Å²) in [5.74, 6) is 0. The summed E-state index contributed by atoms with van der Waals surface area (Å²) in [6.45, 7) is 0. The number of halogens is 1. The van der Waals surface area contributed by atoms with Gasteiger partial charge in [-0.25, -0.2) is 0 Å². The molecule has 0 saturated carbocycles. The zero-order valence-corrected chi connectivity index (χ0v) is 14.8. The highest BCUT2D eigenvalue weighted by atomic mass is 127. The Hall–Kier alpha value is -1.35. The number of rotatable bonds is 6. The van der Waals surface area contributed by atoms with E-state index in [1.54, 1.807) is 0 Å². The van der Waals surface area contributed by atoms with Crippen LogP contribution in [0.5, 0.6) is 0 Å². The first-order valence-corrected chi connectivity index (χ1v) is 8.96. The Morgan fingerprint density at radius 3 is 2.41 bits per heavy atom. The summed E-state index contributed by atoms with van der Waals surface area (Å²) in [4.78, 5) is 0. The molecule has 0 fully saturated rings. The fourth-order valence-electron chi connectivity index (χ4n) is 2.77. The molecule has 3 aromatic carbocycles. The van der Waals surface area contributed by atoms with Gasteiger partial charge < -0.3 is 0 Å². The maximum Gasteiger partial charge on any atom is 0.0165 e. The molecule has 0 amide bonds. The highest BCUT2D eigenvalue weighted by Crippen LogP contribution is 2.19. The van der Waals surface area contributed by atoms with Crippen LogP contribution in [0.1, 0.15) is 30.4 Å². The van der Waals surface area contributed by atoms with Crippen LogP contribution in [0.4, 0.5) is 0 Å². The fraction of sp³-hybridized carbons (Fsp3) is 0.190. The van der Waals surface area contributed by atoms with Crippen LogP contribution >= 0.6 is 22.6 Å². The van der Waals surface area contributed by atoms with E-state index in [0.29, 0.717) is 0 Å². The van der Waals surface area contributed by atoms with E-state index in [2.05, 4.69) is 95.7 Å². The van der Waals surface area contributed by atoms with Crippen LogP contribution in [0, 0.1) is 9.99 Å². The van der Waals surface area contributed by atoms with Gasteiger partial charge in [-0.3, -0.25) is 0 Å². The number of fused-ring (bicyclic) bond motifs is 1. The van der Waals surface area contributed by atoms with Gasteiger partial charge in [0.15, 0.2) is 0 Å². The van der Waals surface area contributed by atoms with Crippen molar-refractivity contribution in [2.24, 2.45) is 0 Å². The number of aryl methyl sites for hydroxylation is 1. The molecule has 3 rings (SSSR count). The second-order valence-corrected chi connectivity index (χ2v) is 6.82. The van der Waals surface area contributed by atoms with Gasteiger partial charge in [0, 0.05) is 3.57 Å². The molecule has 1 heteroatoms. The Morgan fingerprint density at radius 1 is 0.773 bits per heavy atom. The molecule has 0 bridgehead atoms.